The molecule has 0 fully saturated rings. The molecular formula is C20H18N4O5SV. The van der Waals surface area contributed by atoms with Gasteiger partial charge in [0, 0.05) is 24.8 Å². The van der Waals surface area contributed by atoms with Gasteiger partial charge >= 0.3 is 31.4 Å². The van der Waals surface area contributed by atoms with E-state index in [4.69, 9.17) is 21.2 Å². The molecular weight excluding hydrogens is 459 g/mol. The fourth-order valence-corrected chi connectivity index (χ4v) is 2.06. The Morgan fingerprint density at radius 1 is 0.516 bits per heavy atom. The maximum absolute atomic E-state index is 8.74. The number of aromatic nitrogens is 4. The van der Waals surface area contributed by atoms with E-state index in [0.717, 1.165) is 40.1 Å². The Kier molecular flexibility index (Phi) is 12.3. The SMILES string of the molecule is O=S(=O)(O)O.[O]=[V].c1ccc(-c2ccccn2)nc1.c1ccc(-c2ccccn2)nc1. The molecule has 0 aliphatic heterocycles. The molecule has 0 aliphatic carbocycles. The Morgan fingerprint density at radius 3 is 0.839 bits per heavy atom. The van der Waals surface area contributed by atoms with Crippen molar-refractivity contribution in [2.75, 3.05) is 0 Å². The van der Waals surface area contributed by atoms with Crippen LogP contribution in [0, 0.1) is 0 Å². The molecule has 0 saturated heterocycles. The van der Waals surface area contributed by atoms with E-state index in [0.29, 0.717) is 0 Å². The van der Waals surface area contributed by atoms with E-state index in [1.54, 1.807) is 24.8 Å². The average molecular weight is 477 g/mol. The minimum atomic E-state index is -4.67. The van der Waals surface area contributed by atoms with Gasteiger partial charge in [-0.15, -0.1) is 0 Å². The number of pyridine rings is 4. The summed E-state index contributed by atoms with van der Waals surface area (Å²) in [6.07, 6.45) is 7.07. The van der Waals surface area contributed by atoms with E-state index in [-0.39, 0.29) is 0 Å². The molecule has 0 saturated carbocycles. The minimum absolute atomic E-state index is 0.915. The van der Waals surface area contributed by atoms with Crippen molar-refractivity contribution in [2.24, 2.45) is 0 Å². The van der Waals surface area contributed by atoms with Crippen molar-refractivity contribution in [1.29, 1.82) is 0 Å². The van der Waals surface area contributed by atoms with Crippen LogP contribution in [-0.4, -0.2) is 37.5 Å². The summed E-state index contributed by atoms with van der Waals surface area (Å²) in [6.45, 7) is 0. The molecule has 0 bridgehead atoms. The molecule has 4 aromatic heterocycles. The zero-order chi connectivity index (χ0) is 23.0. The normalized spacial score (nSPS) is 9.45. The van der Waals surface area contributed by atoms with Gasteiger partial charge < -0.3 is 0 Å². The smallest absolute Gasteiger partial charge is 0.0886 e. The van der Waals surface area contributed by atoms with Crippen LogP contribution in [0.1, 0.15) is 0 Å². The summed E-state index contributed by atoms with van der Waals surface area (Å²) in [5.74, 6) is 0. The van der Waals surface area contributed by atoms with Crippen LogP contribution in [0.4, 0.5) is 0 Å². The molecule has 0 amide bonds. The standard InChI is InChI=1S/2C10H8N2.H2O4S.O.V/c2*1-3-7-11-9(5-1)10-6-2-4-8-12-10;1-5(2,3)4;;/h2*1-8H;(H2,1,2,3,4);;. The largest absolute Gasteiger partial charge is 0.255 e. The fourth-order valence-electron chi connectivity index (χ4n) is 2.06. The molecule has 31 heavy (non-hydrogen) atoms. The topological polar surface area (TPSA) is 143 Å². The number of hydrogen-bond donors (Lipinski definition) is 2. The molecule has 4 aromatic rings. The molecule has 11 heteroatoms. The Labute approximate surface area is 189 Å². The second-order valence-corrected chi connectivity index (χ2v) is 6.20. The van der Waals surface area contributed by atoms with Gasteiger partial charge in [-0.2, -0.15) is 8.42 Å². The quantitative estimate of drug-likeness (QED) is 0.415. The molecule has 0 unspecified atom stereocenters. The van der Waals surface area contributed by atoms with Crippen LogP contribution < -0.4 is 0 Å². The molecule has 2 N–H and O–H groups in total. The van der Waals surface area contributed by atoms with Crippen molar-refractivity contribution < 1.29 is 38.6 Å². The van der Waals surface area contributed by atoms with Gasteiger partial charge in [0.15, 0.2) is 0 Å². The molecule has 0 atom stereocenters. The molecule has 4 heterocycles. The van der Waals surface area contributed by atoms with Crippen LogP contribution in [0.3, 0.4) is 0 Å². The van der Waals surface area contributed by atoms with Gasteiger partial charge in [-0.3, -0.25) is 29.0 Å². The van der Waals surface area contributed by atoms with Crippen LogP contribution in [0.5, 0.6) is 0 Å². The van der Waals surface area contributed by atoms with E-state index < -0.39 is 10.4 Å². The second kappa shape index (κ2) is 14.8. The molecule has 0 aliphatic rings. The van der Waals surface area contributed by atoms with Crippen LogP contribution >= 0.6 is 0 Å². The van der Waals surface area contributed by atoms with Gasteiger partial charge in [0.25, 0.3) is 0 Å². The van der Waals surface area contributed by atoms with Gasteiger partial charge in [-0.1, -0.05) is 24.3 Å². The maximum atomic E-state index is 8.74. The summed E-state index contributed by atoms with van der Waals surface area (Å²) in [5, 5.41) is 0. The molecule has 0 radical (unpaired) electrons. The summed E-state index contributed by atoms with van der Waals surface area (Å²) < 4.78 is 39.8. The third-order valence-electron chi connectivity index (χ3n) is 3.18. The third-order valence-corrected chi connectivity index (χ3v) is 3.18. The predicted molar refractivity (Wildman–Crippen MR) is 110 cm³/mol. The fraction of sp³-hybridized carbons (Fsp3) is 0. The van der Waals surface area contributed by atoms with E-state index in [2.05, 4.69) is 19.9 Å². The summed E-state index contributed by atoms with van der Waals surface area (Å²) in [7, 11) is -4.67. The van der Waals surface area contributed by atoms with E-state index in [1.165, 1.54) is 0 Å². The first-order chi connectivity index (χ1) is 14.9. The maximum Gasteiger partial charge on any atom is 0.0886 e. The van der Waals surface area contributed by atoms with Crippen molar-refractivity contribution in [3.8, 4) is 22.8 Å². The Bertz CT molecular complexity index is 933. The Balaban J connectivity index is 0.000000241. The van der Waals surface area contributed by atoms with E-state index >= 15 is 0 Å². The average Bonchev–Trinajstić information content (AvgIpc) is 2.82. The third kappa shape index (κ3) is 12.2. The van der Waals surface area contributed by atoms with Crippen LogP contribution in [0.15, 0.2) is 97.6 Å². The van der Waals surface area contributed by atoms with Gasteiger partial charge in [-0.05, 0) is 48.5 Å². The van der Waals surface area contributed by atoms with Gasteiger partial charge in [0.2, 0.25) is 0 Å². The monoisotopic (exact) mass is 477 g/mol. The molecule has 4 rings (SSSR count). The van der Waals surface area contributed by atoms with E-state index in [9.17, 15) is 0 Å². The van der Waals surface area contributed by atoms with Crippen LogP contribution in [-0.2, 0) is 31.4 Å². The molecule has 9 nitrogen and oxygen atoms in total. The van der Waals surface area contributed by atoms with Gasteiger partial charge in [-0.25, -0.2) is 0 Å². The van der Waals surface area contributed by atoms with E-state index in [1.807, 2.05) is 72.8 Å². The van der Waals surface area contributed by atoms with Crippen molar-refractivity contribution in [3.63, 3.8) is 0 Å². The van der Waals surface area contributed by atoms with Crippen molar-refractivity contribution in [1.82, 2.24) is 19.9 Å². The first kappa shape index (κ1) is 25.9. The minimum Gasteiger partial charge on any atom is -0.255 e. The zero-order valence-corrected chi connectivity index (χ0v) is 18.2. The summed E-state index contributed by atoms with van der Waals surface area (Å²) >= 11 is 1.06. The van der Waals surface area contributed by atoms with Crippen molar-refractivity contribution >= 4 is 10.4 Å². The number of rotatable bonds is 2. The molecule has 159 valence electrons. The number of hydrogen-bond acceptors (Lipinski definition) is 7. The second-order valence-electron chi connectivity index (χ2n) is 5.31. The predicted octanol–water partition coefficient (Wildman–Crippen LogP) is 3.51. The first-order valence-corrected chi connectivity index (χ1v) is 10.4. The van der Waals surface area contributed by atoms with Crippen molar-refractivity contribution in [2.45, 2.75) is 0 Å². The van der Waals surface area contributed by atoms with Crippen LogP contribution in [0.2, 0.25) is 0 Å². The first-order valence-electron chi connectivity index (χ1n) is 8.46. The Hall–Kier alpha value is -3.15. The van der Waals surface area contributed by atoms with Gasteiger partial charge in [0.1, 0.15) is 0 Å². The number of nitrogens with zero attached hydrogens (tertiary/aromatic N) is 4. The van der Waals surface area contributed by atoms with Gasteiger partial charge in [0.05, 0.1) is 22.8 Å². The summed E-state index contributed by atoms with van der Waals surface area (Å²) in [5.41, 5.74) is 3.66. The Morgan fingerprint density at radius 2 is 0.710 bits per heavy atom. The summed E-state index contributed by atoms with van der Waals surface area (Å²) in [6, 6.07) is 23.2. The molecule has 0 aromatic carbocycles. The van der Waals surface area contributed by atoms with Crippen molar-refractivity contribution in [3.05, 3.63) is 97.6 Å². The summed E-state index contributed by atoms with van der Waals surface area (Å²) in [4.78, 5) is 16.7. The zero-order valence-electron chi connectivity index (χ0n) is 16.0. The molecule has 0 spiro atoms. The van der Waals surface area contributed by atoms with Crippen LogP contribution in [0.25, 0.3) is 22.8 Å².